The van der Waals surface area contributed by atoms with Crippen LogP contribution in [0.1, 0.15) is 32.8 Å². The summed E-state index contributed by atoms with van der Waals surface area (Å²) in [6.45, 7) is 13.3. The molecule has 0 bridgehead atoms. The number of nitrogens with zero attached hydrogens (tertiary/aromatic N) is 2. The fourth-order valence-electron chi connectivity index (χ4n) is 2.46. The summed E-state index contributed by atoms with van der Waals surface area (Å²) in [7, 11) is 1.72. The summed E-state index contributed by atoms with van der Waals surface area (Å²) in [6.07, 6.45) is 0.959. The maximum atomic E-state index is 5.82. The number of methoxy groups -OCH3 is 1. The summed E-state index contributed by atoms with van der Waals surface area (Å²) in [5.74, 6) is 1.75. The van der Waals surface area contributed by atoms with Gasteiger partial charge < -0.3 is 25.0 Å². The number of guanidine groups is 1. The Morgan fingerprint density at radius 3 is 2.33 bits per heavy atom. The Morgan fingerprint density at radius 2 is 1.74 bits per heavy atom. The van der Waals surface area contributed by atoms with E-state index in [1.165, 1.54) is 0 Å². The molecule has 0 aliphatic carbocycles. The number of rotatable bonds is 13. The SMILES string of the molecule is CCNC(=NCc1ccc(OCCN(CC)CC)cc1)NCCCOC.I. The van der Waals surface area contributed by atoms with Crippen LogP contribution in [0.5, 0.6) is 5.75 Å². The Kier molecular flexibility index (Phi) is 16.4. The maximum absolute atomic E-state index is 5.82. The van der Waals surface area contributed by atoms with E-state index in [0.717, 1.165) is 69.6 Å². The zero-order valence-electron chi connectivity index (χ0n) is 17.3. The van der Waals surface area contributed by atoms with E-state index in [1.54, 1.807) is 7.11 Å². The fourth-order valence-corrected chi connectivity index (χ4v) is 2.46. The largest absolute Gasteiger partial charge is 0.492 e. The van der Waals surface area contributed by atoms with Crippen LogP contribution in [0, 0.1) is 0 Å². The molecule has 1 aromatic rings. The van der Waals surface area contributed by atoms with E-state index in [2.05, 4.69) is 53.4 Å². The predicted octanol–water partition coefficient (Wildman–Crippen LogP) is 3.12. The molecule has 156 valence electrons. The summed E-state index contributed by atoms with van der Waals surface area (Å²) < 4.78 is 10.9. The number of halogens is 1. The van der Waals surface area contributed by atoms with Gasteiger partial charge in [-0.1, -0.05) is 26.0 Å². The molecule has 0 unspecified atom stereocenters. The minimum atomic E-state index is 0. The highest BCUT2D eigenvalue weighted by Crippen LogP contribution is 2.13. The number of nitrogens with one attached hydrogen (secondary N) is 2. The van der Waals surface area contributed by atoms with Crippen molar-refractivity contribution in [1.29, 1.82) is 0 Å². The first-order valence-electron chi connectivity index (χ1n) is 9.68. The highest BCUT2D eigenvalue weighted by Gasteiger charge is 2.01. The number of benzene rings is 1. The van der Waals surface area contributed by atoms with Gasteiger partial charge >= 0.3 is 0 Å². The van der Waals surface area contributed by atoms with Gasteiger partial charge in [0.1, 0.15) is 12.4 Å². The summed E-state index contributed by atoms with van der Waals surface area (Å²) >= 11 is 0. The van der Waals surface area contributed by atoms with Gasteiger partial charge in [-0.05, 0) is 44.1 Å². The normalized spacial score (nSPS) is 11.2. The molecule has 0 amide bonds. The zero-order valence-corrected chi connectivity index (χ0v) is 19.6. The lowest BCUT2D eigenvalue weighted by Gasteiger charge is -2.18. The molecule has 0 aliphatic rings. The lowest BCUT2D eigenvalue weighted by atomic mass is 10.2. The van der Waals surface area contributed by atoms with Crippen molar-refractivity contribution in [2.75, 3.05) is 53.0 Å². The van der Waals surface area contributed by atoms with Crippen molar-refractivity contribution in [2.24, 2.45) is 4.99 Å². The third-order valence-electron chi connectivity index (χ3n) is 4.08. The van der Waals surface area contributed by atoms with Crippen molar-refractivity contribution in [2.45, 2.75) is 33.7 Å². The smallest absolute Gasteiger partial charge is 0.191 e. The predicted molar refractivity (Wildman–Crippen MR) is 124 cm³/mol. The number of hydrogen-bond donors (Lipinski definition) is 2. The Bertz CT molecular complexity index is 493. The molecule has 27 heavy (non-hydrogen) atoms. The number of hydrogen-bond acceptors (Lipinski definition) is 4. The van der Waals surface area contributed by atoms with Gasteiger partial charge in [0.25, 0.3) is 0 Å². The molecule has 0 atom stereocenters. The third kappa shape index (κ3) is 12.1. The van der Waals surface area contributed by atoms with Gasteiger partial charge in [-0.3, -0.25) is 0 Å². The van der Waals surface area contributed by atoms with Crippen LogP contribution in [0.4, 0.5) is 0 Å². The highest BCUT2D eigenvalue weighted by atomic mass is 127. The molecular weight excluding hydrogens is 455 g/mol. The molecular formula is C20H37IN4O2. The molecule has 6 nitrogen and oxygen atoms in total. The van der Waals surface area contributed by atoms with Gasteiger partial charge in [-0.25, -0.2) is 4.99 Å². The van der Waals surface area contributed by atoms with Crippen molar-refractivity contribution in [3.05, 3.63) is 29.8 Å². The minimum absolute atomic E-state index is 0. The van der Waals surface area contributed by atoms with Gasteiger partial charge in [0.2, 0.25) is 0 Å². The second-order valence-corrected chi connectivity index (χ2v) is 5.99. The quantitative estimate of drug-likeness (QED) is 0.192. The molecule has 0 saturated heterocycles. The minimum Gasteiger partial charge on any atom is -0.492 e. The van der Waals surface area contributed by atoms with E-state index in [0.29, 0.717) is 6.54 Å². The molecule has 0 aromatic heterocycles. The van der Waals surface area contributed by atoms with Crippen LogP contribution in [0.25, 0.3) is 0 Å². The first kappa shape index (κ1) is 25.9. The Morgan fingerprint density at radius 1 is 1.04 bits per heavy atom. The molecule has 0 radical (unpaired) electrons. The van der Waals surface area contributed by atoms with Crippen LogP contribution in [0.15, 0.2) is 29.3 Å². The van der Waals surface area contributed by atoms with E-state index in [4.69, 9.17) is 9.47 Å². The van der Waals surface area contributed by atoms with Crippen LogP contribution in [0.2, 0.25) is 0 Å². The van der Waals surface area contributed by atoms with Crippen molar-refractivity contribution >= 4 is 29.9 Å². The molecule has 0 heterocycles. The Balaban J connectivity index is 0.00000676. The maximum Gasteiger partial charge on any atom is 0.191 e. The van der Waals surface area contributed by atoms with Gasteiger partial charge in [0, 0.05) is 33.4 Å². The van der Waals surface area contributed by atoms with E-state index in [-0.39, 0.29) is 24.0 Å². The van der Waals surface area contributed by atoms with E-state index in [9.17, 15) is 0 Å². The molecule has 1 aromatic carbocycles. The molecule has 0 spiro atoms. The fraction of sp³-hybridized carbons (Fsp3) is 0.650. The average molecular weight is 492 g/mol. The standard InChI is InChI=1S/C20H36N4O2.HI/c1-5-21-20(22-13-8-15-25-4)23-17-18-9-11-19(12-10-18)26-16-14-24(6-2)7-3;/h9-12H,5-8,13-17H2,1-4H3,(H2,21,22,23);1H. The topological polar surface area (TPSA) is 58.1 Å². The lowest BCUT2D eigenvalue weighted by molar-refractivity contribution is 0.195. The van der Waals surface area contributed by atoms with Crippen molar-refractivity contribution < 1.29 is 9.47 Å². The highest BCUT2D eigenvalue weighted by molar-refractivity contribution is 14.0. The summed E-state index contributed by atoms with van der Waals surface area (Å²) in [4.78, 5) is 6.98. The van der Waals surface area contributed by atoms with Crippen molar-refractivity contribution in [1.82, 2.24) is 15.5 Å². The zero-order chi connectivity index (χ0) is 19.0. The monoisotopic (exact) mass is 492 g/mol. The van der Waals surface area contributed by atoms with Crippen LogP contribution in [0.3, 0.4) is 0 Å². The first-order valence-corrected chi connectivity index (χ1v) is 9.68. The van der Waals surface area contributed by atoms with Gasteiger partial charge in [-0.2, -0.15) is 0 Å². The average Bonchev–Trinajstić information content (AvgIpc) is 2.67. The Labute approximate surface area is 182 Å². The number of aliphatic imine (C=N–C) groups is 1. The van der Waals surface area contributed by atoms with E-state index < -0.39 is 0 Å². The van der Waals surface area contributed by atoms with Crippen LogP contribution in [-0.4, -0.2) is 63.9 Å². The summed E-state index contributed by atoms with van der Waals surface area (Å²) in [5, 5.41) is 6.58. The van der Waals surface area contributed by atoms with Gasteiger partial charge in [-0.15, -0.1) is 24.0 Å². The second-order valence-electron chi connectivity index (χ2n) is 5.99. The second kappa shape index (κ2) is 17.1. The Hall–Kier alpha value is -1.06. The summed E-state index contributed by atoms with van der Waals surface area (Å²) in [6, 6.07) is 8.19. The van der Waals surface area contributed by atoms with E-state index >= 15 is 0 Å². The molecule has 1 rings (SSSR count). The molecule has 7 heteroatoms. The molecule has 0 fully saturated rings. The van der Waals surface area contributed by atoms with Crippen LogP contribution >= 0.6 is 24.0 Å². The van der Waals surface area contributed by atoms with E-state index in [1.807, 2.05) is 12.1 Å². The van der Waals surface area contributed by atoms with Gasteiger partial charge in [0.15, 0.2) is 5.96 Å². The number of ether oxygens (including phenoxy) is 2. The van der Waals surface area contributed by atoms with Crippen molar-refractivity contribution in [3.63, 3.8) is 0 Å². The molecule has 0 saturated carbocycles. The molecule has 2 N–H and O–H groups in total. The van der Waals surface area contributed by atoms with Crippen molar-refractivity contribution in [3.8, 4) is 5.75 Å². The third-order valence-corrected chi connectivity index (χ3v) is 4.08. The first-order chi connectivity index (χ1) is 12.7. The molecule has 0 aliphatic heterocycles. The lowest BCUT2D eigenvalue weighted by Crippen LogP contribution is -2.38. The van der Waals surface area contributed by atoms with Crippen LogP contribution in [-0.2, 0) is 11.3 Å². The van der Waals surface area contributed by atoms with Gasteiger partial charge in [0.05, 0.1) is 6.54 Å². The summed E-state index contributed by atoms with van der Waals surface area (Å²) in [5.41, 5.74) is 1.16. The number of likely N-dealkylation sites (N-methyl/N-ethyl adjacent to an activating group) is 1. The van der Waals surface area contributed by atoms with Crippen LogP contribution < -0.4 is 15.4 Å².